The number of aromatic nitrogens is 2. The second kappa shape index (κ2) is 6.34. The number of hydrogen-bond acceptors (Lipinski definition) is 4. The maximum absolute atomic E-state index is 12.3. The van der Waals surface area contributed by atoms with Crippen molar-refractivity contribution < 1.29 is 9.53 Å². The molecular weight excluding hydrogens is 328 g/mol. The smallest absolute Gasteiger partial charge is 0.241 e. The molecule has 1 aromatic heterocycles. The average molecular weight is 358 g/mol. The number of likely N-dealkylation sites (tertiary alicyclic amines) is 1. The van der Waals surface area contributed by atoms with Crippen molar-refractivity contribution >= 4 is 5.91 Å². The van der Waals surface area contributed by atoms with Gasteiger partial charge >= 0.3 is 0 Å². The summed E-state index contributed by atoms with van der Waals surface area (Å²) in [4.78, 5) is 15.0. The molecule has 6 heteroatoms. The number of carbonyl (C=O) groups is 1. The van der Waals surface area contributed by atoms with Crippen LogP contribution in [0.1, 0.15) is 44.2 Å². The number of aryl methyl sites for hydroxylation is 1. The molecule has 6 nitrogen and oxygen atoms in total. The quantitative estimate of drug-likeness (QED) is 0.871. The van der Waals surface area contributed by atoms with E-state index in [-0.39, 0.29) is 11.5 Å². The molecule has 26 heavy (non-hydrogen) atoms. The third-order valence-electron chi connectivity index (χ3n) is 7.27. The van der Waals surface area contributed by atoms with Crippen molar-refractivity contribution in [1.29, 1.82) is 0 Å². The van der Waals surface area contributed by atoms with Gasteiger partial charge in [-0.25, -0.2) is 0 Å². The Hall–Kier alpha value is -1.40. The molecule has 1 saturated carbocycles. The third-order valence-corrected chi connectivity index (χ3v) is 7.27. The Labute approximate surface area is 155 Å². The van der Waals surface area contributed by atoms with E-state index >= 15 is 0 Å². The van der Waals surface area contributed by atoms with Gasteiger partial charge in [-0.05, 0) is 38.7 Å². The van der Waals surface area contributed by atoms with Gasteiger partial charge < -0.3 is 10.1 Å². The van der Waals surface area contributed by atoms with Crippen LogP contribution in [-0.2, 0) is 16.1 Å². The van der Waals surface area contributed by atoms with Crippen LogP contribution in [0.5, 0.6) is 0 Å². The van der Waals surface area contributed by atoms with E-state index in [9.17, 15) is 4.79 Å². The lowest BCUT2D eigenvalue weighted by atomic mass is 9.73. The van der Waals surface area contributed by atoms with Crippen LogP contribution in [0.25, 0.3) is 0 Å². The Kier molecular flexibility index (Phi) is 4.09. The Morgan fingerprint density at radius 1 is 1.38 bits per heavy atom. The van der Waals surface area contributed by atoms with Gasteiger partial charge in [-0.1, -0.05) is 12.8 Å². The summed E-state index contributed by atoms with van der Waals surface area (Å²) in [5, 5.41) is 7.46. The van der Waals surface area contributed by atoms with Crippen LogP contribution in [-0.4, -0.2) is 58.0 Å². The van der Waals surface area contributed by atoms with Crippen LogP contribution in [0.2, 0.25) is 0 Å². The van der Waals surface area contributed by atoms with E-state index in [1.165, 1.54) is 38.6 Å². The number of fused-ring (bicyclic) bond motifs is 1. The molecule has 1 aromatic rings. The van der Waals surface area contributed by atoms with E-state index in [4.69, 9.17) is 4.74 Å². The van der Waals surface area contributed by atoms with Crippen molar-refractivity contribution in [2.24, 2.45) is 11.8 Å². The molecule has 142 valence electrons. The van der Waals surface area contributed by atoms with E-state index in [1.54, 1.807) is 4.68 Å². The molecular formula is C20H30N4O2. The van der Waals surface area contributed by atoms with E-state index in [0.717, 1.165) is 31.2 Å². The minimum absolute atomic E-state index is 0.0515. The summed E-state index contributed by atoms with van der Waals surface area (Å²) in [5.41, 5.74) is 1.03. The highest BCUT2D eigenvalue weighted by Crippen LogP contribution is 2.55. The highest BCUT2D eigenvalue weighted by atomic mass is 16.5. The van der Waals surface area contributed by atoms with Crippen LogP contribution >= 0.6 is 0 Å². The largest absolute Gasteiger partial charge is 0.370 e. The molecule has 1 amide bonds. The average Bonchev–Trinajstić information content (AvgIpc) is 3.39. The molecule has 1 N–H and O–H groups in total. The molecule has 5 rings (SSSR count). The number of ether oxygens (including phenoxy) is 1. The molecule has 0 radical (unpaired) electrons. The second-order valence-electron chi connectivity index (χ2n) is 8.86. The molecule has 4 heterocycles. The molecule has 4 fully saturated rings. The zero-order chi connectivity index (χ0) is 17.7. The van der Waals surface area contributed by atoms with Gasteiger partial charge in [0.15, 0.2) is 0 Å². The first-order valence-corrected chi connectivity index (χ1v) is 10.3. The van der Waals surface area contributed by atoms with Crippen LogP contribution in [0.4, 0.5) is 0 Å². The fourth-order valence-electron chi connectivity index (χ4n) is 6.03. The number of hydrogen-bond donors (Lipinski definition) is 1. The first-order chi connectivity index (χ1) is 12.6. The third kappa shape index (κ3) is 2.78. The second-order valence-corrected chi connectivity index (χ2v) is 8.86. The molecule has 3 saturated heterocycles. The molecule has 4 aliphatic rings. The number of carbonyl (C=O) groups excluding carboxylic acids is 1. The van der Waals surface area contributed by atoms with Crippen molar-refractivity contribution in [3.63, 3.8) is 0 Å². The molecule has 0 unspecified atom stereocenters. The van der Waals surface area contributed by atoms with Crippen molar-refractivity contribution in [1.82, 2.24) is 20.0 Å². The predicted octanol–water partition coefficient (Wildman–Crippen LogP) is 1.73. The Bertz CT molecular complexity index is 683. The number of nitrogens with zero attached hydrogens (tertiary/aromatic N) is 3. The van der Waals surface area contributed by atoms with Crippen LogP contribution < -0.4 is 5.32 Å². The van der Waals surface area contributed by atoms with E-state index in [1.807, 2.05) is 19.2 Å². The zero-order valence-electron chi connectivity index (χ0n) is 15.7. The highest BCUT2D eigenvalue weighted by Gasteiger charge is 2.63. The monoisotopic (exact) mass is 358 g/mol. The summed E-state index contributed by atoms with van der Waals surface area (Å²) >= 11 is 0. The van der Waals surface area contributed by atoms with E-state index < -0.39 is 0 Å². The standard InChI is InChI=1S/C20H30N4O2/c1-14-7-9-24(22-14)12-19(25)21-10-16-17-11-23(15-4-2-3-5-15)13-20(17)8-6-18(16)26-20/h7,9,15-18H,2-6,8,10-13H2,1H3,(H,21,25)/t16-,17+,18+,20+/m0/s1. The number of amides is 1. The lowest BCUT2D eigenvalue weighted by molar-refractivity contribution is -0.122. The summed E-state index contributed by atoms with van der Waals surface area (Å²) in [6.45, 7) is 5.28. The lowest BCUT2D eigenvalue weighted by Gasteiger charge is -2.29. The molecule has 2 bridgehead atoms. The first-order valence-electron chi connectivity index (χ1n) is 10.3. The van der Waals surface area contributed by atoms with E-state index in [2.05, 4.69) is 15.3 Å². The van der Waals surface area contributed by atoms with Crippen LogP contribution in [0, 0.1) is 18.8 Å². The van der Waals surface area contributed by atoms with Gasteiger partial charge in [0.05, 0.1) is 17.4 Å². The topological polar surface area (TPSA) is 59.4 Å². The molecule has 1 aliphatic carbocycles. The summed E-state index contributed by atoms with van der Waals surface area (Å²) in [7, 11) is 0. The number of nitrogens with one attached hydrogen (secondary N) is 1. The van der Waals surface area contributed by atoms with Crippen molar-refractivity contribution in [2.75, 3.05) is 19.6 Å². The molecule has 3 aliphatic heterocycles. The highest BCUT2D eigenvalue weighted by molar-refractivity contribution is 5.75. The summed E-state index contributed by atoms with van der Waals surface area (Å²) < 4.78 is 8.24. The van der Waals surface area contributed by atoms with Gasteiger partial charge in [0.2, 0.25) is 5.91 Å². The number of rotatable bonds is 5. The summed E-state index contributed by atoms with van der Waals surface area (Å²) in [6.07, 6.45) is 10.1. The van der Waals surface area contributed by atoms with Gasteiger partial charge in [0.1, 0.15) is 6.54 Å². The van der Waals surface area contributed by atoms with Crippen molar-refractivity contribution in [2.45, 2.75) is 69.7 Å². The minimum atomic E-state index is 0.0515. The molecule has 4 atom stereocenters. The van der Waals surface area contributed by atoms with Gasteiger partial charge in [-0.2, -0.15) is 5.10 Å². The fourth-order valence-corrected chi connectivity index (χ4v) is 6.03. The fraction of sp³-hybridized carbons (Fsp3) is 0.800. The van der Waals surface area contributed by atoms with Crippen LogP contribution in [0.15, 0.2) is 12.3 Å². The molecule has 1 spiro atoms. The summed E-state index contributed by atoms with van der Waals surface area (Å²) in [5.74, 6) is 1.11. The normalized spacial score (nSPS) is 36.7. The maximum atomic E-state index is 12.3. The summed E-state index contributed by atoms with van der Waals surface area (Å²) in [6, 6.07) is 2.70. The van der Waals surface area contributed by atoms with Gasteiger partial charge in [0, 0.05) is 43.7 Å². The maximum Gasteiger partial charge on any atom is 0.241 e. The lowest BCUT2D eigenvalue weighted by Crippen LogP contribution is -2.42. The SMILES string of the molecule is Cc1ccn(CC(=O)NC[C@H]2[C@H]3CN(C4CCCC4)C[C@]34CC[C@H]2O4)n1. The van der Waals surface area contributed by atoms with Gasteiger partial charge in [-0.15, -0.1) is 0 Å². The van der Waals surface area contributed by atoms with Gasteiger partial charge in [0.25, 0.3) is 0 Å². The van der Waals surface area contributed by atoms with Crippen molar-refractivity contribution in [3.8, 4) is 0 Å². The molecule has 0 aromatic carbocycles. The zero-order valence-corrected chi connectivity index (χ0v) is 15.7. The Morgan fingerprint density at radius 2 is 2.23 bits per heavy atom. The minimum Gasteiger partial charge on any atom is -0.370 e. The van der Waals surface area contributed by atoms with Crippen LogP contribution in [0.3, 0.4) is 0 Å². The van der Waals surface area contributed by atoms with Crippen molar-refractivity contribution in [3.05, 3.63) is 18.0 Å². The van der Waals surface area contributed by atoms with E-state index in [0.29, 0.717) is 24.5 Å². The Morgan fingerprint density at radius 3 is 3.00 bits per heavy atom. The van der Waals surface area contributed by atoms with Gasteiger partial charge in [-0.3, -0.25) is 14.4 Å². The first kappa shape index (κ1) is 16.8. The Balaban J connectivity index is 1.20. The predicted molar refractivity (Wildman–Crippen MR) is 97.6 cm³/mol.